The molecule has 0 unspecified atom stereocenters. The van der Waals surface area contributed by atoms with Gasteiger partial charge in [0, 0.05) is 12.7 Å². The first kappa shape index (κ1) is 25.1. The number of nitrogens with one attached hydrogen (secondary N) is 2. The minimum atomic E-state index is -3.73. The highest BCUT2D eigenvalue weighted by Gasteiger charge is 2.24. The van der Waals surface area contributed by atoms with Crippen molar-refractivity contribution in [1.29, 1.82) is 0 Å². The van der Waals surface area contributed by atoms with Crippen LogP contribution in [0.3, 0.4) is 0 Å². The molecular weight excluding hydrogens is 490 g/mol. The Morgan fingerprint density at radius 3 is 1.72 bits per heavy atom. The van der Waals surface area contributed by atoms with Crippen LogP contribution in [0, 0.1) is 0 Å². The molecule has 0 saturated carbocycles. The van der Waals surface area contributed by atoms with Crippen LogP contribution < -0.4 is 14.9 Å². The number of para-hydroxylation sites is 1. The molecule has 0 bridgehead atoms. The molecule has 0 aliphatic rings. The van der Waals surface area contributed by atoms with Gasteiger partial charge in [-0.25, -0.2) is 8.42 Å². The standard InChI is InChI=1S/C28H25N3O3S2/c1-31(24-15-9-4-10-16-24)36(33,34)25-19-17-23(18-20-25)29-28(35)30-27(32)26(21-11-5-2-6-12-21)22-13-7-3-8-14-22/h2-20,26H,1H3,(H2,29,30,32,35). The molecule has 0 radical (unpaired) electrons. The highest BCUT2D eigenvalue weighted by Crippen LogP contribution is 2.25. The Balaban J connectivity index is 1.45. The Bertz CT molecular complexity index is 1390. The Labute approximate surface area is 216 Å². The number of amides is 1. The number of benzene rings is 4. The van der Waals surface area contributed by atoms with Gasteiger partial charge in [-0.05, 0) is 59.7 Å². The largest absolute Gasteiger partial charge is 0.332 e. The summed E-state index contributed by atoms with van der Waals surface area (Å²) in [6.45, 7) is 0. The Kier molecular flexibility index (Phi) is 7.77. The summed E-state index contributed by atoms with van der Waals surface area (Å²) in [6.07, 6.45) is 0. The third-order valence-electron chi connectivity index (χ3n) is 5.66. The van der Waals surface area contributed by atoms with Gasteiger partial charge in [0.2, 0.25) is 5.91 Å². The van der Waals surface area contributed by atoms with E-state index < -0.39 is 15.9 Å². The van der Waals surface area contributed by atoms with Crippen LogP contribution in [0.5, 0.6) is 0 Å². The fourth-order valence-corrected chi connectivity index (χ4v) is 5.19. The second-order valence-electron chi connectivity index (χ2n) is 8.03. The Hall–Kier alpha value is -4.01. The summed E-state index contributed by atoms with van der Waals surface area (Å²) in [7, 11) is -2.21. The molecule has 36 heavy (non-hydrogen) atoms. The quantitative estimate of drug-likeness (QED) is 0.333. The van der Waals surface area contributed by atoms with Gasteiger partial charge in [-0.3, -0.25) is 9.10 Å². The van der Waals surface area contributed by atoms with Crippen molar-refractivity contribution in [3.05, 3.63) is 126 Å². The third-order valence-corrected chi connectivity index (χ3v) is 7.66. The lowest BCUT2D eigenvalue weighted by atomic mass is 9.90. The van der Waals surface area contributed by atoms with Gasteiger partial charge in [0.25, 0.3) is 10.0 Å². The van der Waals surface area contributed by atoms with Crippen LogP contribution in [0.1, 0.15) is 17.0 Å². The van der Waals surface area contributed by atoms with Gasteiger partial charge in [0.05, 0.1) is 16.5 Å². The topological polar surface area (TPSA) is 78.5 Å². The molecule has 0 atom stereocenters. The van der Waals surface area contributed by atoms with Crippen molar-refractivity contribution in [3.63, 3.8) is 0 Å². The highest BCUT2D eigenvalue weighted by atomic mass is 32.2. The first-order valence-electron chi connectivity index (χ1n) is 11.2. The predicted octanol–water partition coefficient (Wildman–Crippen LogP) is 5.16. The fraction of sp³-hybridized carbons (Fsp3) is 0.0714. The molecule has 4 rings (SSSR count). The minimum Gasteiger partial charge on any atom is -0.332 e. The van der Waals surface area contributed by atoms with Crippen LogP contribution >= 0.6 is 12.2 Å². The number of nitrogens with zero attached hydrogens (tertiary/aromatic N) is 1. The summed E-state index contributed by atoms with van der Waals surface area (Å²) in [5, 5.41) is 5.85. The highest BCUT2D eigenvalue weighted by molar-refractivity contribution is 7.92. The summed E-state index contributed by atoms with van der Waals surface area (Å²) >= 11 is 5.37. The lowest BCUT2D eigenvalue weighted by Gasteiger charge is -2.20. The van der Waals surface area contributed by atoms with Gasteiger partial charge in [-0.2, -0.15) is 0 Å². The number of hydrogen-bond acceptors (Lipinski definition) is 4. The van der Waals surface area contributed by atoms with E-state index >= 15 is 0 Å². The summed E-state index contributed by atoms with van der Waals surface area (Å²) in [5.41, 5.74) is 2.81. The fourth-order valence-electron chi connectivity index (χ4n) is 3.78. The SMILES string of the molecule is CN(c1ccccc1)S(=O)(=O)c1ccc(NC(=S)NC(=O)C(c2ccccc2)c2ccccc2)cc1. The number of thiocarbonyl (C=S) groups is 1. The molecule has 1 amide bonds. The Morgan fingerprint density at radius 1 is 0.750 bits per heavy atom. The van der Waals surface area contributed by atoms with E-state index in [1.165, 1.54) is 23.5 Å². The molecule has 0 saturated heterocycles. The number of anilines is 2. The molecular formula is C28H25N3O3S2. The van der Waals surface area contributed by atoms with Crippen molar-refractivity contribution >= 4 is 44.6 Å². The van der Waals surface area contributed by atoms with Crippen LogP contribution in [-0.4, -0.2) is 26.5 Å². The summed E-state index contributed by atoms with van der Waals surface area (Å²) in [5.74, 6) is -0.804. The van der Waals surface area contributed by atoms with E-state index in [1.54, 1.807) is 36.4 Å². The normalized spacial score (nSPS) is 11.1. The van der Waals surface area contributed by atoms with Gasteiger partial charge in [0.15, 0.2) is 5.11 Å². The van der Waals surface area contributed by atoms with Gasteiger partial charge >= 0.3 is 0 Å². The molecule has 4 aromatic carbocycles. The van der Waals surface area contributed by atoms with Crippen LogP contribution in [0.2, 0.25) is 0 Å². The van der Waals surface area contributed by atoms with E-state index in [-0.39, 0.29) is 15.9 Å². The zero-order chi connectivity index (χ0) is 25.5. The van der Waals surface area contributed by atoms with Crippen molar-refractivity contribution in [2.24, 2.45) is 0 Å². The molecule has 0 aromatic heterocycles. The summed E-state index contributed by atoms with van der Waals surface area (Å²) in [4.78, 5) is 13.4. The lowest BCUT2D eigenvalue weighted by Crippen LogP contribution is -2.37. The van der Waals surface area contributed by atoms with E-state index in [9.17, 15) is 13.2 Å². The van der Waals surface area contributed by atoms with E-state index in [4.69, 9.17) is 12.2 Å². The van der Waals surface area contributed by atoms with Crippen molar-refractivity contribution in [2.75, 3.05) is 16.7 Å². The number of sulfonamides is 1. The number of carbonyl (C=O) groups is 1. The monoisotopic (exact) mass is 515 g/mol. The van der Waals surface area contributed by atoms with Crippen LogP contribution in [0.4, 0.5) is 11.4 Å². The summed E-state index contributed by atoms with van der Waals surface area (Å²) < 4.78 is 27.2. The van der Waals surface area contributed by atoms with Crippen molar-refractivity contribution in [1.82, 2.24) is 5.32 Å². The third kappa shape index (κ3) is 5.79. The minimum absolute atomic E-state index is 0.119. The smallest absolute Gasteiger partial charge is 0.264 e. The maximum atomic E-state index is 13.2. The molecule has 0 aliphatic heterocycles. The zero-order valence-corrected chi connectivity index (χ0v) is 21.2. The van der Waals surface area contributed by atoms with E-state index in [2.05, 4.69) is 10.6 Å². The predicted molar refractivity (Wildman–Crippen MR) is 148 cm³/mol. The van der Waals surface area contributed by atoms with Crippen molar-refractivity contribution in [2.45, 2.75) is 10.8 Å². The van der Waals surface area contributed by atoms with E-state index in [0.717, 1.165) is 11.1 Å². The molecule has 8 heteroatoms. The molecule has 0 spiro atoms. The van der Waals surface area contributed by atoms with Crippen LogP contribution in [-0.2, 0) is 14.8 Å². The van der Waals surface area contributed by atoms with Gasteiger partial charge < -0.3 is 10.6 Å². The molecule has 0 aliphatic carbocycles. The first-order valence-corrected chi connectivity index (χ1v) is 13.1. The zero-order valence-electron chi connectivity index (χ0n) is 19.5. The van der Waals surface area contributed by atoms with Gasteiger partial charge in [-0.1, -0.05) is 78.9 Å². The molecule has 182 valence electrons. The number of carbonyl (C=O) groups excluding carboxylic acids is 1. The molecule has 0 fully saturated rings. The molecule has 6 nitrogen and oxygen atoms in total. The maximum absolute atomic E-state index is 13.2. The van der Waals surface area contributed by atoms with Crippen molar-refractivity contribution < 1.29 is 13.2 Å². The first-order chi connectivity index (χ1) is 17.4. The maximum Gasteiger partial charge on any atom is 0.264 e. The lowest BCUT2D eigenvalue weighted by molar-refractivity contribution is -0.120. The molecule has 0 heterocycles. The van der Waals surface area contributed by atoms with Crippen molar-refractivity contribution in [3.8, 4) is 0 Å². The second kappa shape index (κ2) is 11.2. The van der Waals surface area contributed by atoms with Crippen LogP contribution in [0.15, 0.2) is 120 Å². The second-order valence-corrected chi connectivity index (χ2v) is 10.4. The molecule has 2 N–H and O–H groups in total. The van der Waals surface area contributed by atoms with Gasteiger partial charge in [0.1, 0.15) is 0 Å². The average molecular weight is 516 g/mol. The Morgan fingerprint density at radius 2 is 1.22 bits per heavy atom. The molecule has 4 aromatic rings. The summed E-state index contributed by atoms with van der Waals surface area (Å²) in [6, 6.07) is 34.0. The average Bonchev–Trinajstić information content (AvgIpc) is 2.90. The van der Waals surface area contributed by atoms with Gasteiger partial charge in [-0.15, -0.1) is 0 Å². The van der Waals surface area contributed by atoms with E-state index in [0.29, 0.717) is 11.4 Å². The number of hydrogen-bond donors (Lipinski definition) is 2. The van der Waals surface area contributed by atoms with Crippen LogP contribution in [0.25, 0.3) is 0 Å². The van der Waals surface area contributed by atoms with E-state index in [1.807, 2.05) is 66.7 Å². The number of rotatable bonds is 7.